The normalized spacial score (nSPS) is 12.3. The zero-order valence-corrected chi connectivity index (χ0v) is 30.2. The Morgan fingerprint density at radius 2 is 0.982 bits per heavy atom. The average molecular weight is 701 g/mol. The highest BCUT2D eigenvalue weighted by atomic mass is 15.1. The Hall–Kier alpha value is -7.16. The first-order valence-corrected chi connectivity index (χ1v) is 19.0. The van der Waals surface area contributed by atoms with Crippen LogP contribution in [0.25, 0.3) is 82.8 Å². The van der Waals surface area contributed by atoms with Crippen molar-refractivity contribution in [1.82, 2.24) is 4.57 Å². The molecule has 1 aromatic heterocycles. The SMILES string of the molecule is c1ccc(-c2cccc(N3Cc4ccc(-c5ccc6c(c5)c5ccccc5n6-c5ccccc5-c5ccc6ccccc6c5)cc4-c4ccccc43)c2)cc1. The highest BCUT2D eigenvalue weighted by Crippen LogP contribution is 2.45. The van der Waals surface area contributed by atoms with Crippen LogP contribution in [0, 0.1) is 0 Å². The van der Waals surface area contributed by atoms with E-state index in [9.17, 15) is 0 Å². The number of hydrogen-bond donors (Lipinski definition) is 0. The maximum absolute atomic E-state index is 2.46. The third kappa shape index (κ3) is 5.26. The Morgan fingerprint density at radius 3 is 1.89 bits per heavy atom. The van der Waals surface area contributed by atoms with Crippen LogP contribution >= 0.6 is 0 Å². The number of hydrogen-bond acceptors (Lipinski definition) is 1. The lowest BCUT2D eigenvalue weighted by Gasteiger charge is -2.33. The van der Waals surface area contributed by atoms with Crippen LogP contribution in [-0.2, 0) is 6.54 Å². The van der Waals surface area contributed by atoms with Crippen LogP contribution in [0.15, 0.2) is 206 Å². The van der Waals surface area contributed by atoms with E-state index in [0.717, 1.165) is 6.54 Å². The van der Waals surface area contributed by atoms with E-state index in [-0.39, 0.29) is 0 Å². The van der Waals surface area contributed by atoms with E-state index in [1.807, 2.05) is 0 Å². The van der Waals surface area contributed by atoms with Crippen molar-refractivity contribution in [3.63, 3.8) is 0 Å². The summed E-state index contributed by atoms with van der Waals surface area (Å²) in [4.78, 5) is 2.46. The van der Waals surface area contributed by atoms with Crippen molar-refractivity contribution in [1.29, 1.82) is 0 Å². The summed E-state index contributed by atoms with van der Waals surface area (Å²) in [7, 11) is 0. The second kappa shape index (κ2) is 12.8. The second-order valence-corrected chi connectivity index (χ2v) is 14.6. The standard InChI is InChI=1S/C53H36N2/c1-2-13-36(14-3-1)39-17-12-18-44(32-39)54-35-43-28-26-40(33-48(43)46-20-7-9-22-50(46)54)41-29-30-53-49(34-41)47-21-8-11-24-52(47)55(53)51-23-10-6-19-45(51)42-27-25-37-15-4-5-16-38(37)31-42/h1-34H,35H2. The van der Waals surface area contributed by atoms with E-state index in [4.69, 9.17) is 0 Å². The predicted octanol–water partition coefficient (Wildman–Crippen LogP) is 14.3. The van der Waals surface area contributed by atoms with E-state index in [2.05, 4.69) is 216 Å². The molecular weight excluding hydrogens is 665 g/mol. The molecule has 0 amide bonds. The minimum absolute atomic E-state index is 0.814. The molecule has 55 heavy (non-hydrogen) atoms. The van der Waals surface area contributed by atoms with E-state index in [1.165, 1.54) is 99.7 Å². The zero-order chi connectivity index (χ0) is 36.3. The number of para-hydroxylation sites is 3. The lowest BCUT2D eigenvalue weighted by molar-refractivity contribution is 0.961. The molecule has 1 aliphatic heterocycles. The molecule has 2 nitrogen and oxygen atoms in total. The van der Waals surface area contributed by atoms with Gasteiger partial charge in [-0.05, 0) is 104 Å². The lowest BCUT2D eigenvalue weighted by Crippen LogP contribution is -2.21. The van der Waals surface area contributed by atoms with Crippen molar-refractivity contribution in [2.75, 3.05) is 4.90 Å². The molecule has 0 radical (unpaired) electrons. The van der Waals surface area contributed by atoms with Gasteiger partial charge in [0.2, 0.25) is 0 Å². The van der Waals surface area contributed by atoms with Crippen LogP contribution in [0.4, 0.5) is 11.4 Å². The molecule has 10 aromatic rings. The molecule has 0 atom stereocenters. The van der Waals surface area contributed by atoms with Gasteiger partial charge in [0.05, 0.1) is 16.7 Å². The molecule has 0 saturated heterocycles. The number of nitrogens with zero attached hydrogens (tertiary/aromatic N) is 2. The smallest absolute Gasteiger partial charge is 0.0541 e. The lowest BCUT2D eigenvalue weighted by atomic mass is 9.89. The molecule has 1 aliphatic rings. The molecule has 2 heteroatoms. The fourth-order valence-corrected chi connectivity index (χ4v) is 8.73. The fraction of sp³-hybridized carbons (Fsp3) is 0.0189. The van der Waals surface area contributed by atoms with Crippen LogP contribution in [0.5, 0.6) is 0 Å². The van der Waals surface area contributed by atoms with Crippen molar-refractivity contribution < 1.29 is 0 Å². The molecular formula is C53H36N2. The van der Waals surface area contributed by atoms with Gasteiger partial charge in [-0.2, -0.15) is 0 Å². The summed E-state index contributed by atoms with van der Waals surface area (Å²) in [5.74, 6) is 0. The number of anilines is 2. The van der Waals surface area contributed by atoms with Gasteiger partial charge in [0, 0.05) is 39.8 Å². The topological polar surface area (TPSA) is 8.17 Å². The summed E-state index contributed by atoms with van der Waals surface area (Å²) in [6.45, 7) is 0.814. The van der Waals surface area contributed by atoms with Crippen molar-refractivity contribution in [2.45, 2.75) is 6.54 Å². The highest BCUT2D eigenvalue weighted by molar-refractivity contribution is 6.11. The Labute approximate surface area is 320 Å². The van der Waals surface area contributed by atoms with Crippen LogP contribution in [0.2, 0.25) is 0 Å². The van der Waals surface area contributed by atoms with Gasteiger partial charge in [-0.1, -0.05) is 152 Å². The van der Waals surface area contributed by atoms with Crippen molar-refractivity contribution in [3.05, 3.63) is 212 Å². The van der Waals surface area contributed by atoms with Gasteiger partial charge in [-0.15, -0.1) is 0 Å². The molecule has 2 heterocycles. The molecule has 11 rings (SSSR count). The van der Waals surface area contributed by atoms with Gasteiger partial charge in [0.25, 0.3) is 0 Å². The quantitative estimate of drug-likeness (QED) is 0.174. The van der Waals surface area contributed by atoms with Gasteiger partial charge in [0.15, 0.2) is 0 Å². The van der Waals surface area contributed by atoms with Crippen molar-refractivity contribution in [2.24, 2.45) is 0 Å². The minimum atomic E-state index is 0.814. The zero-order valence-electron chi connectivity index (χ0n) is 30.2. The fourth-order valence-electron chi connectivity index (χ4n) is 8.73. The Kier molecular flexibility index (Phi) is 7.28. The Bertz CT molecular complexity index is 3080. The Morgan fingerprint density at radius 1 is 0.327 bits per heavy atom. The second-order valence-electron chi connectivity index (χ2n) is 14.6. The van der Waals surface area contributed by atoms with Crippen LogP contribution in [-0.4, -0.2) is 4.57 Å². The highest BCUT2D eigenvalue weighted by Gasteiger charge is 2.24. The van der Waals surface area contributed by atoms with Crippen molar-refractivity contribution in [3.8, 4) is 50.2 Å². The first-order valence-electron chi connectivity index (χ1n) is 19.0. The summed E-state index contributed by atoms with van der Waals surface area (Å²) in [6.07, 6.45) is 0. The summed E-state index contributed by atoms with van der Waals surface area (Å²) >= 11 is 0. The number of rotatable bonds is 5. The molecule has 0 unspecified atom stereocenters. The van der Waals surface area contributed by atoms with E-state index in [0.29, 0.717) is 0 Å². The van der Waals surface area contributed by atoms with E-state index >= 15 is 0 Å². The summed E-state index contributed by atoms with van der Waals surface area (Å²) in [5, 5.41) is 5.01. The summed E-state index contributed by atoms with van der Waals surface area (Å²) < 4.78 is 2.45. The minimum Gasteiger partial charge on any atom is -0.336 e. The molecule has 0 fully saturated rings. The molecule has 0 aliphatic carbocycles. The molecule has 0 bridgehead atoms. The van der Waals surface area contributed by atoms with Crippen LogP contribution in [0.1, 0.15) is 5.56 Å². The molecule has 0 spiro atoms. The summed E-state index contributed by atoms with van der Waals surface area (Å²) in [6, 6.07) is 75.5. The largest absolute Gasteiger partial charge is 0.336 e. The molecule has 9 aromatic carbocycles. The monoisotopic (exact) mass is 700 g/mol. The first-order chi connectivity index (χ1) is 27.3. The van der Waals surface area contributed by atoms with Crippen LogP contribution < -0.4 is 4.90 Å². The van der Waals surface area contributed by atoms with Gasteiger partial charge < -0.3 is 9.47 Å². The number of aromatic nitrogens is 1. The third-order valence-electron chi connectivity index (χ3n) is 11.4. The van der Waals surface area contributed by atoms with Gasteiger partial charge in [0.1, 0.15) is 0 Å². The molecule has 0 saturated carbocycles. The van der Waals surface area contributed by atoms with Crippen LogP contribution in [0.3, 0.4) is 0 Å². The van der Waals surface area contributed by atoms with Crippen molar-refractivity contribution >= 4 is 44.0 Å². The number of fused-ring (bicyclic) bond motifs is 7. The van der Waals surface area contributed by atoms with E-state index < -0.39 is 0 Å². The van der Waals surface area contributed by atoms with Gasteiger partial charge in [-0.3, -0.25) is 0 Å². The van der Waals surface area contributed by atoms with Gasteiger partial charge in [-0.25, -0.2) is 0 Å². The maximum Gasteiger partial charge on any atom is 0.0541 e. The van der Waals surface area contributed by atoms with E-state index in [1.54, 1.807) is 0 Å². The predicted molar refractivity (Wildman–Crippen MR) is 232 cm³/mol. The summed E-state index contributed by atoms with van der Waals surface area (Å²) in [5.41, 5.74) is 17.3. The third-order valence-corrected chi connectivity index (χ3v) is 11.4. The van der Waals surface area contributed by atoms with Gasteiger partial charge >= 0.3 is 0 Å². The first kappa shape index (κ1) is 31.4. The molecule has 258 valence electrons. The maximum atomic E-state index is 2.46. The average Bonchev–Trinajstić information content (AvgIpc) is 3.59. The molecule has 0 N–H and O–H groups in total. The number of benzene rings is 9. The Balaban J connectivity index is 1.01.